The number of aromatic nitrogens is 3. The van der Waals surface area contributed by atoms with E-state index in [1.54, 1.807) is 11.3 Å². The molecule has 5 heteroatoms. The average Bonchev–Trinajstić information content (AvgIpc) is 2.92. The Morgan fingerprint density at radius 2 is 2.16 bits per heavy atom. The summed E-state index contributed by atoms with van der Waals surface area (Å²) in [7, 11) is 0. The standard InChI is InChI=1S/C14H18N4S/c1-11-6-15-7-14(17-11)12-2-4-18(5-3-12)8-13-9-19-10-16-13/h6-7,9-10,12H,2-5,8H2,1H3. The number of piperidine rings is 1. The lowest BCUT2D eigenvalue weighted by Crippen LogP contribution is -2.32. The summed E-state index contributed by atoms with van der Waals surface area (Å²) in [6.45, 7) is 5.24. The van der Waals surface area contributed by atoms with Crippen LogP contribution in [0, 0.1) is 6.92 Å². The highest BCUT2D eigenvalue weighted by Gasteiger charge is 2.22. The summed E-state index contributed by atoms with van der Waals surface area (Å²) in [4.78, 5) is 15.7. The van der Waals surface area contributed by atoms with Crippen LogP contribution in [0.25, 0.3) is 0 Å². The zero-order valence-electron chi connectivity index (χ0n) is 11.1. The summed E-state index contributed by atoms with van der Waals surface area (Å²) in [5, 5.41) is 2.14. The molecule has 0 aliphatic carbocycles. The van der Waals surface area contributed by atoms with Gasteiger partial charge in [0.05, 0.1) is 22.6 Å². The van der Waals surface area contributed by atoms with Gasteiger partial charge in [-0.25, -0.2) is 4.98 Å². The van der Waals surface area contributed by atoms with Gasteiger partial charge in [-0.05, 0) is 32.9 Å². The normalized spacial score (nSPS) is 17.7. The van der Waals surface area contributed by atoms with Crippen LogP contribution in [-0.2, 0) is 6.54 Å². The molecule has 2 aromatic rings. The van der Waals surface area contributed by atoms with Crippen LogP contribution in [0.3, 0.4) is 0 Å². The van der Waals surface area contributed by atoms with Gasteiger partial charge in [-0.1, -0.05) is 0 Å². The largest absolute Gasteiger partial charge is 0.297 e. The van der Waals surface area contributed by atoms with Crippen molar-refractivity contribution in [1.29, 1.82) is 0 Å². The molecule has 3 rings (SSSR count). The molecule has 1 aliphatic heterocycles. The third-order valence-corrected chi connectivity index (χ3v) is 4.28. The van der Waals surface area contributed by atoms with Crippen LogP contribution in [0.4, 0.5) is 0 Å². The van der Waals surface area contributed by atoms with Gasteiger partial charge < -0.3 is 0 Å². The van der Waals surface area contributed by atoms with Crippen molar-refractivity contribution >= 4 is 11.3 Å². The highest BCUT2D eigenvalue weighted by molar-refractivity contribution is 7.07. The summed E-state index contributed by atoms with van der Waals surface area (Å²) < 4.78 is 0. The lowest BCUT2D eigenvalue weighted by atomic mass is 9.93. The first-order valence-corrected chi connectivity index (χ1v) is 7.63. The number of aryl methyl sites for hydroxylation is 1. The van der Waals surface area contributed by atoms with Gasteiger partial charge >= 0.3 is 0 Å². The van der Waals surface area contributed by atoms with E-state index >= 15 is 0 Å². The maximum atomic E-state index is 4.61. The van der Waals surface area contributed by atoms with Gasteiger partial charge in [0.25, 0.3) is 0 Å². The molecular formula is C14H18N4S. The molecule has 19 heavy (non-hydrogen) atoms. The lowest BCUT2D eigenvalue weighted by Gasteiger charge is -2.31. The molecule has 0 unspecified atom stereocenters. The summed E-state index contributed by atoms with van der Waals surface area (Å²) in [6, 6.07) is 0. The predicted molar refractivity (Wildman–Crippen MR) is 76.1 cm³/mol. The Kier molecular flexibility index (Phi) is 3.84. The third kappa shape index (κ3) is 3.16. The number of hydrogen-bond donors (Lipinski definition) is 0. The molecule has 4 nitrogen and oxygen atoms in total. The van der Waals surface area contributed by atoms with Crippen molar-refractivity contribution in [3.05, 3.63) is 40.4 Å². The Morgan fingerprint density at radius 3 is 2.84 bits per heavy atom. The molecule has 0 aromatic carbocycles. The van der Waals surface area contributed by atoms with Gasteiger partial charge in [-0.2, -0.15) is 0 Å². The van der Waals surface area contributed by atoms with Crippen LogP contribution >= 0.6 is 11.3 Å². The lowest BCUT2D eigenvalue weighted by molar-refractivity contribution is 0.201. The maximum Gasteiger partial charge on any atom is 0.0795 e. The van der Waals surface area contributed by atoms with Crippen LogP contribution in [0.1, 0.15) is 35.8 Å². The smallest absolute Gasteiger partial charge is 0.0795 e. The van der Waals surface area contributed by atoms with E-state index in [2.05, 4.69) is 25.2 Å². The topological polar surface area (TPSA) is 41.9 Å². The van der Waals surface area contributed by atoms with Crippen molar-refractivity contribution in [1.82, 2.24) is 19.9 Å². The Bertz CT molecular complexity index is 518. The average molecular weight is 274 g/mol. The summed E-state index contributed by atoms with van der Waals surface area (Å²) in [5.41, 5.74) is 5.28. The van der Waals surface area contributed by atoms with Crippen LogP contribution < -0.4 is 0 Å². The molecular weight excluding hydrogens is 256 g/mol. The first-order chi connectivity index (χ1) is 9.31. The van der Waals surface area contributed by atoms with E-state index in [4.69, 9.17) is 0 Å². The van der Waals surface area contributed by atoms with E-state index in [1.165, 1.54) is 18.5 Å². The molecule has 0 atom stereocenters. The molecule has 0 amide bonds. The summed E-state index contributed by atoms with van der Waals surface area (Å²) in [5.74, 6) is 0.569. The second kappa shape index (κ2) is 5.75. The molecule has 0 spiro atoms. The minimum Gasteiger partial charge on any atom is -0.297 e. The van der Waals surface area contributed by atoms with E-state index in [9.17, 15) is 0 Å². The molecule has 0 radical (unpaired) electrons. The van der Waals surface area contributed by atoms with Gasteiger partial charge in [-0.15, -0.1) is 11.3 Å². The Balaban J connectivity index is 1.57. The van der Waals surface area contributed by atoms with Gasteiger partial charge in [-0.3, -0.25) is 14.9 Å². The maximum absolute atomic E-state index is 4.61. The van der Waals surface area contributed by atoms with E-state index in [0.29, 0.717) is 5.92 Å². The number of nitrogens with zero attached hydrogens (tertiary/aromatic N) is 4. The Morgan fingerprint density at radius 1 is 1.32 bits per heavy atom. The van der Waals surface area contributed by atoms with Crippen molar-refractivity contribution < 1.29 is 0 Å². The quantitative estimate of drug-likeness (QED) is 0.863. The van der Waals surface area contributed by atoms with Crippen molar-refractivity contribution in [3.8, 4) is 0 Å². The van der Waals surface area contributed by atoms with E-state index < -0.39 is 0 Å². The number of thiazole rings is 1. The minimum absolute atomic E-state index is 0.569. The Labute approximate surface area is 117 Å². The molecule has 3 heterocycles. The number of likely N-dealkylation sites (tertiary alicyclic amines) is 1. The van der Waals surface area contributed by atoms with Crippen LogP contribution in [-0.4, -0.2) is 32.9 Å². The minimum atomic E-state index is 0.569. The van der Waals surface area contributed by atoms with Crippen molar-refractivity contribution in [2.75, 3.05) is 13.1 Å². The molecule has 1 fully saturated rings. The first-order valence-electron chi connectivity index (χ1n) is 6.69. The van der Waals surface area contributed by atoms with Gasteiger partial charge in [0.2, 0.25) is 0 Å². The van der Waals surface area contributed by atoms with Gasteiger partial charge in [0.15, 0.2) is 0 Å². The summed E-state index contributed by atoms with van der Waals surface area (Å²) in [6.07, 6.45) is 6.08. The summed E-state index contributed by atoms with van der Waals surface area (Å²) >= 11 is 1.67. The highest BCUT2D eigenvalue weighted by atomic mass is 32.1. The monoisotopic (exact) mass is 274 g/mol. The van der Waals surface area contributed by atoms with Crippen LogP contribution in [0.5, 0.6) is 0 Å². The number of rotatable bonds is 3. The van der Waals surface area contributed by atoms with Crippen molar-refractivity contribution in [2.24, 2.45) is 0 Å². The molecule has 1 aliphatic rings. The zero-order valence-corrected chi connectivity index (χ0v) is 11.9. The fourth-order valence-electron chi connectivity index (χ4n) is 2.61. The first kappa shape index (κ1) is 12.7. The molecule has 0 N–H and O–H groups in total. The molecule has 0 bridgehead atoms. The van der Waals surface area contributed by atoms with Gasteiger partial charge in [0, 0.05) is 30.2 Å². The third-order valence-electron chi connectivity index (χ3n) is 3.65. The van der Waals surface area contributed by atoms with E-state index in [1.807, 2.05) is 24.8 Å². The SMILES string of the molecule is Cc1cncc(C2CCN(Cc3cscn3)CC2)n1. The van der Waals surface area contributed by atoms with Gasteiger partial charge in [0.1, 0.15) is 0 Å². The second-order valence-electron chi connectivity index (χ2n) is 5.12. The van der Waals surface area contributed by atoms with E-state index in [-0.39, 0.29) is 0 Å². The highest BCUT2D eigenvalue weighted by Crippen LogP contribution is 2.27. The van der Waals surface area contributed by atoms with Crippen molar-refractivity contribution in [3.63, 3.8) is 0 Å². The van der Waals surface area contributed by atoms with E-state index in [0.717, 1.165) is 31.0 Å². The predicted octanol–water partition coefficient (Wildman–Crippen LogP) is 2.62. The molecule has 100 valence electrons. The van der Waals surface area contributed by atoms with Crippen molar-refractivity contribution in [2.45, 2.75) is 32.2 Å². The molecule has 0 saturated carbocycles. The number of hydrogen-bond acceptors (Lipinski definition) is 5. The van der Waals surface area contributed by atoms with Crippen LogP contribution in [0.2, 0.25) is 0 Å². The second-order valence-corrected chi connectivity index (χ2v) is 5.83. The fourth-order valence-corrected chi connectivity index (χ4v) is 3.16. The van der Waals surface area contributed by atoms with Crippen LogP contribution in [0.15, 0.2) is 23.3 Å². The molecule has 2 aromatic heterocycles. The fraction of sp³-hybridized carbons (Fsp3) is 0.500. The molecule has 1 saturated heterocycles. The zero-order chi connectivity index (χ0) is 13.1. The Hall–Kier alpha value is -1.33.